The van der Waals surface area contributed by atoms with Crippen molar-refractivity contribution in [2.45, 2.75) is 32.7 Å². The summed E-state index contributed by atoms with van der Waals surface area (Å²) in [5.74, 6) is 1.65. The fourth-order valence-corrected chi connectivity index (χ4v) is 3.63. The van der Waals surface area contributed by atoms with Crippen molar-refractivity contribution < 1.29 is 0 Å². The molecule has 0 spiro atoms. The predicted molar refractivity (Wildman–Crippen MR) is 90.1 cm³/mol. The van der Waals surface area contributed by atoms with Crippen molar-refractivity contribution in [3.05, 3.63) is 33.3 Å². The van der Waals surface area contributed by atoms with Crippen molar-refractivity contribution in [2.75, 3.05) is 19.6 Å². The van der Waals surface area contributed by atoms with Crippen molar-refractivity contribution in [1.29, 1.82) is 0 Å². The Bertz CT molecular complexity index is 442. The predicted octanol–water partition coefficient (Wildman–Crippen LogP) is 4.47. The highest BCUT2D eigenvalue weighted by atomic mass is 79.9. The molecule has 0 aromatic heterocycles. The molecule has 0 bridgehead atoms. The molecule has 1 aromatic carbocycles. The fraction of sp³-hybridized carbons (Fsp3) is 0.625. The van der Waals surface area contributed by atoms with E-state index in [1.165, 1.54) is 18.4 Å². The van der Waals surface area contributed by atoms with E-state index in [-0.39, 0.29) is 0 Å². The third kappa shape index (κ3) is 3.76. The quantitative estimate of drug-likeness (QED) is 0.859. The third-order valence-corrected chi connectivity index (χ3v) is 5.72. The number of rotatable bonds is 4. The van der Waals surface area contributed by atoms with Crippen LogP contribution in [-0.4, -0.2) is 24.5 Å². The lowest BCUT2D eigenvalue weighted by atomic mass is 9.86. The Kier molecular flexibility index (Phi) is 5.91. The highest BCUT2D eigenvalue weighted by Gasteiger charge is 2.26. The van der Waals surface area contributed by atoms with Gasteiger partial charge in [0.1, 0.15) is 0 Å². The number of halogens is 2. The number of likely N-dealkylation sites (tertiary alicyclic amines) is 1. The molecule has 1 saturated heterocycles. The summed E-state index contributed by atoms with van der Waals surface area (Å²) in [5.41, 5.74) is 7.28. The number of piperidine rings is 1. The average molecular weight is 360 g/mol. The van der Waals surface area contributed by atoms with E-state index in [9.17, 15) is 0 Å². The molecule has 0 amide bonds. The van der Waals surface area contributed by atoms with Gasteiger partial charge in [0.15, 0.2) is 0 Å². The first kappa shape index (κ1) is 16.3. The fourth-order valence-electron chi connectivity index (χ4n) is 3.11. The largest absolute Gasteiger partial charge is 0.329 e. The van der Waals surface area contributed by atoms with E-state index in [0.29, 0.717) is 12.6 Å². The first-order valence-electron chi connectivity index (χ1n) is 7.42. The van der Waals surface area contributed by atoms with Crippen molar-refractivity contribution >= 4 is 27.5 Å². The maximum absolute atomic E-state index is 6.08. The molecular weight excluding hydrogens is 336 g/mol. The molecule has 1 aliphatic rings. The van der Waals surface area contributed by atoms with E-state index in [1.54, 1.807) is 0 Å². The normalized spacial score (nSPS) is 19.5. The molecule has 1 unspecified atom stereocenters. The lowest BCUT2D eigenvalue weighted by Crippen LogP contribution is -2.40. The van der Waals surface area contributed by atoms with Gasteiger partial charge in [-0.05, 0) is 71.4 Å². The van der Waals surface area contributed by atoms with Gasteiger partial charge in [0, 0.05) is 17.1 Å². The van der Waals surface area contributed by atoms with E-state index < -0.39 is 0 Å². The molecule has 112 valence electrons. The van der Waals surface area contributed by atoms with E-state index in [0.717, 1.165) is 34.4 Å². The maximum Gasteiger partial charge on any atom is 0.0548 e. The summed E-state index contributed by atoms with van der Waals surface area (Å²) in [4.78, 5) is 2.52. The summed E-state index contributed by atoms with van der Waals surface area (Å²) in [6, 6.07) is 6.45. The lowest BCUT2D eigenvalue weighted by molar-refractivity contribution is 0.117. The van der Waals surface area contributed by atoms with Gasteiger partial charge in [0.25, 0.3) is 0 Å². The van der Waals surface area contributed by atoms with Crippen LogP contribution in [0, 0.1) is 11.8 Å². The highest BCUT2D eigenvalue weighted by Crippen LogP contribution is 2.32. The summed E-state index contributed by atoms with van der Waals surface area (Å²) in [6.07, 6.45) is 2.56. The van der Waals surface area contributed by atoms with Gasteiger partial charge in [-0.15, -0.1) is 0 Å². The Morgan fingerprint density at radius 3 is 2.50 bits per heavy atom. The second-order valence-electron chi connectivity index (χ2n) is 6.04. The summed E-state index contributed by atoms with van der Waals surface area (Å²) >= 11 is 9.58. The molecule has 2 rings (SSSR count). The molecule has 0 radical (unpaired) electrons. The van der Waals surface area contributed by atoms with Gasteiger partial charge in [-0.1, -0.05) is 31.5 Å². The molecule has 0 saturated carbocycles. The number of hydrogen-bond acceptors (Lipinski definition) is 2. The maximum atomic E-state index is 6.08. The lowest BCUT2D eigenvalue weighted by Gasteiger charge is -2.38. The number of benzene rings is 1. The molecule has 1 fully saturated rings. The minimum Gasteiger partial charge on any atom is -0.329 e. The number of hydrogen-bond donors (Lipinski definition) is 1. The Hall–Kier alpha value is -0.0900. The van der Waals surface area contributed by atoms with Gasteiger partial charge in [-0.25, -0.2) is 0 Å². The van der Waals surface area contributed by atoms with Gasteiger partial charge in [0.2, 0.25) is 0 Å². The van der Waals surface area contributed by atoms with Gasteiger partial charge in [-0.3, -0.25) is 4.90 Å². The van der Waals surface area contributed by atoms with E-state index in [1.807, 2.05) is 6.07 Å². The molecule has 0 aliphatic carbocycles. The van der Waals surface area contributed by atoms with Gasteiger partial charge < -0.3 is 5.73 Å². The van der Waals surface area contributed by atoms with E-state index >= 15 is 0 Å². The standard InChI is InChI=1S/C16H24BrClN2/c1-11(2)12-5-7-20(8-6-12)16(10-19)13-3-4-15(18)14(17)9-13/h3-4,9,11-12,16H,5-8,10,19H2,1-2H3. The molecule has 1 atom stereocenters. The van der Waals surface area contributed by atoms with Crippen LogP contribution in [0.15, 0.2) is 22.7 Å². The number of nitrogens with two attached hydrogens (primary N) is 1. The Morgan fingerprint density at radius 1 is 1.35 bits per heavy atom. The van der Waals surface area contributed by atoms with Crippen LogP contribution >= 0.6 is 27.5 Å². The number of nitrogens with zero attached hydrogens (tertiary/aromatic N) is 1. The molecule has 1 heterocycles. The zero-order valence-corrected chi connectivity index (χ0v) is 14.6. The second kappa shape index (κ2) is 7.26. The molecule has 4 heteroatoms. The van der Waals surface area contributed by atoms with Crippen molar-refractivity contribution in [2.24, 2.45) is 17.6 Å². The average Bonchev–Trinajstić information content (AvgIpc) is 2.44. The van der Waals surface area contributed by atoms with Gasteiger partial charge in [-0.2, -0.15) is 0 Å². The SMILES string of the molecule is CC(C)C1CCN(C(CN)c2ccc(Cl)c(Br)c2)CC1. The van der Waals surface area contributed by atoms with Gasteiger partial charge in [0.05, 0.1) is 5.02 Å². The minimum atomic E-state index is 0.302. The van der Waals surface area contributed by atoms with Crippen LogP contribution in [0.1, 0.15) is 38.3 Å². The zero-order chi connectivity index (χ0) is 14.7. The van der Waals surface area contributed by atoms with Crippen LogP contribution in [0.4, 0.5) is 0 Å². The van der Waals surface area contributed by atoms with E-state index in [2.05, 4.69) is 46.8 Å². The van der Waals surface area contributed by atoms with Crippen LogP contribution in [0.3, 0.4) is 0 Å². The molecule has 1 aromatic rings. The summed E-state index contributed by atoms with van der Waals surface area (Å²) in [7, 11) is 0. The third-order valence-electron chi connectivity index (χ3n) is 4.51. The Morgan fingerprint density at radius 2 is 2.00 bits per heavy atom. The van der Waals surface area contributed by atoms with Crippen LogP contribution < -0.4 is 5.73 Å². The summed E-state index contributed by atoms with van der Waals surface area (Å²) in [5, 5.41) is 0.753. The molecular formula is C16H24BrClN2. The van der Waals surface area contributed by atoms with Gasteiger partial charge >= 0.3 is 0 Å². The van der Waals surface area contributed by atoms with E-state index in [4.69, 9.17) is 17.3 Å². The summed E-state index contributed by atoms with van der Waals surface area (Å²) in [6.45, 7) is 7.60. The first-order valence-corrected chi connectivity index (χ1v) is 8.59. The van der Waals surface area contributed by atoms with Crippen LogP contribution in [-0.2, 0) is 0 Å². The van der Waals surface area contributed by atoms with Crippen molar-refractivity contribution in [3.8, 4) is 0 Å². The molecule has 2 nitrogen and oxygen atoms in total. The molecule has 2 N–H and O–H groups in total. The topological polar surface area (TPSA) is 29.3 Å². The highest BCUT2D eigenvalue weighted by molar-refractivity contribution is 9.10. The van der Waals surface area contributed by atoms with Crippen LogP contribution in [0.2, 0.25) is 5.02 Å². The van der Waals surface area contributed by atoms with Crippen molar-refractivity contribution in [3.63, 3.8) is 0 Å². The second-order valence-corrected chi connectivity index (χ2v) is 7.30. The Balaban J connectivity index is 2.07. The monoisotopic (exact) mass is 358 g/mol. The van der Waals surface area contributed by atoms with Crippen LogP contribution in [0.5, 0.6) is 0 Å². The minimum absolute atomic E-state index is 0.302. The molecule has 1 aliphatic heterocycles. The first-order chi connectivity index (χ1) is 9.52. The summed E-state index contributed by atoms with van der Waals surface area (Å²) < 4.78 is 0.951. The smallest absolute Gasteiger partial charge is 0.0548 e. The molecule has 20 heavy (non-hydrogen) atoms. The zero-order valence-electron chi connectivity index (χ0n) is 12.3. The Labute approximate surface area is 135 Å². The van der Waals surface area contributed by atoms with Crippen LogP contribution in [0.25, 0.3) is 0 Å². The van der Waals surface area contributed by atoms with Crippen molar-refractivity contribution in [1.82, 2.24) is 4.90 Å².